The fourth-order valence-corrected chi connectivity index (χ4v) is 1.11. The first-order chi connectivity index (χ1) is 6.84. The second kappa shape index (κ2) is 3.78. The maximum absolute atomic E-state index is 5.44. The first kappa shape index (κ1) is 8.55. The Morgan fingerprint density at radius 1 is 1.14 bits per heavy atom. The number of hydrogen-bond donors (Lipinski definition) is 1. The Balaban J connectivity index is 2.19. The van der Waals surface area contributed by atoms with Crippen LogP contribution in [0.15, 0.2) is 30.9 Å². The van der Waals surface area contributed by atoms with E-state index in [-0.39, 0.29) is 5.95 Å². The highest BCUT2D eigenvalue weighted by Crippen LogP contribution is 2.03. The van der Waals surface area contributed by atoms with Gasteiger partial charge in [0.1, 0.15) is 12.2 Å². The van der Waals surface area contributed by atoms with Gasteiger partial charge in [0.15, 0.2) is 0 Å². The van der Waals surface area contributed by atoms with E-state index in [1.54, 1.807) is 12.4 Å². The minimum atomic E-state index is 0.254. The van der Waals surface area contributed by atoms with Gasteiger partial charge in [-0.05, 0) is 17.7 Å². The molecule has 2 N–H and O–H groups in total. The number of nitrogens with zero attached hydrogens (tertiary/aromatic N) is 4. The lowest BCUT2D eigenvalue weighted by molar-refractivity contribution is 0.927. The molecule has 2 aromatic rings. The normalized spacial score (nSPS) is 10.0. The summed E-state index contributed by atoms with van der Waals surface area (Å²) in [5.41, 5.74) is 6.54. The van der Waals surface area contributed by atoms with Crippen LogP contribution in [0, 0.1) is 0 Å². The minimum Gasteiger partial charge on any atom is -0.368 e. The highest BCUT2D eigenvalue weighted by atomic mass is 15.1. The third-order valence-electron chi connectivity index (χ3n) is 1.75. The summed E-state index contributed by atoms with van der Waals surface area (Å²) in [5, 5.41) is 0. The van der Waals surface area contributed by atoms with Crippen molar-refractivity contribution in [1.29, 1.82) is 0 Å². The van der Waals surface area contributed by atoms with Crippen molar-refractivity contribution in [3.63, 3.8) is 0 Å². The summed E-state index contributed by atoms with van der Waals surface area (Å²) in [6.45, 7) is 0. The summed E-state index contributed by atoms with van der Waals surface area (Å²) in [7, 11) is 0. The number of anilines is 1. The first-order valence-corrected chi connectivity index (χ1v) is 4.17. The van der Waals surface area contributed by atoms with Crippen molar-refractivity contribution < 1.29 is 0 Å². The summed E-state index contributed by atoms with van der Waals surface area (Å²) in [4.78, 5) is 15.7. The Morgan fingerprint density at radius 2 is 1.93 bits per heavy atom. The Hall–Kier alpha value is -2.04. The fourth-order valence-electron chi connectivity index (χ4n) is 1.11. The number of rotatable bonds is 2. The number of hydrogen-bond acceptors (Lipinski definition) is 5. The van der Waals surface area contributed by atoms with Crippen molar-refractivity contribution in [2.75, 3.05) is 5.73 Å². The molecule has 0 unspecified atom stereocenters. The van der Waals surface area contributed by atoms with Gasteiger partial charge in [0.2, 0.25) is 5.95 Å². The molecule has 0 fully saturated rings. The van der Waals surface area contributed by atoms with Gasteiger partial charge in [-0.25, -0.2) is 9.97 Å². The molecule has 0 saturated carbocycles. The van der Waals surface area contributed by atoms with E-state index in [0.29, 0.717) is 12.2 Å². The largest absolute Gasteiger partial charge is 0.368 e. The van der Waals surface area contributed by atoms with Crippen LogP contribution in [0.4, 0.5) is 5.95 Å². The number of nitrogens with two attached hydrogens (primary N) is 1. The molecule has 0 radical (unpaired) electrons. The third kappa shape index (κ3) is 2.01. The molecule has 14 heavy (non-hydrogen) atoms. The number of aromatic nitrogens is 4. The summed E-state index contributed by atoms with van der Waals surface area (Å²) in [5.74, 6) is 0.924. The van der Waals surface area contributed by atoms with Crippen LogP contribution in [0.3, 0.4) is 0 Å². The first-order valence-electron chi connectivity index (χ1n) is 4.17. The van der Waals surface area contributed by atoms with E-state index >= 15 is 0 Å². The van der Waals surface area contributed by atoms with Crippen molar-refractivity contribution in [2.45, 2.75) is 6.42 Å². The van der Waals surface area contributed by atoms with Gasteiger partial charge >= 0.3 is 0 Å². The van der Waals surface area contributed by atoms with Crippen molar-refractivity contribution in [1.82, 2.24) is 19.9 Å². The molecule has 0 amide bonds. The van der Waals surface area contributed by atoms with Crippen LogP contribution in [0.25, 0.3) is 0 Å². The molecular weight excluding hydrogens is 178 g/mol. The molecular formula is C9H9N5. The molecule has 2 aromatic heterocycles. The van der Waals surface area contributed by atoms with Gasteiger partial charge in [0, 0.05) is 18.8 Å². The van der Waals surface area contributed by atoms with Crippen molar-refractivity contribution >= 4 is 5.95 Å². The van der Waals surface area contributed by atoms with Crippen LogP contribution in [-0.2, 0) is 6.42 Å². The Bertz CT molecular complexity index is 415. The smallest absolute Gasteiger partial charge is 0.223 e. The van der Waals surface area contributed by atoms with Crippen molar-refractivity contribution in [3.8, 4) is 0 Å². The van der Waals surface area contributed by atoms with Crippen LogP contribution < -0.4 is 5.73 Å². The molecule has 0 aromatic carbocycles. The highest BCUT2D eigenvalue weighted by molar-refractivity contribution is 5.18. The molecule has 2 rings (SSSR count). The average Bonchev–Trinajstić information content (AvgIpc) is 2.19. The maximum atomic E-state index is 5.44. The maximum Gasteiger partial charge on any atom is 0.223 e. The lowest BCUT2D eigenvalue weighted by Gasteiger charge is -1.99. The number of pyridine rings is 1. The van der Waals surface area contributed by atoms with Gasteiger partial charge in [-0.15, -0.1) is 0 Å². The van der Waals surface area contributed by atoms with Crippen molar-refractivity contribution in [2.24, 2.45) is 0 Å². The summed E-state index contributed by atoms with van der Waals surface area (Å²) in [6.07, 6.45) is 5.54. The third-order valence-corrected chi connectivity index (χ3v) is 1.75. The molecule has 0 aliphatic carbocycles. The van der Waals surface area contributed by atoms with Crippen LogP contribution in [0.2, 0.25) is 0 Å². The second-order valence-corrected chi connectivity index (χ2v) is 2.79. The highest BCUT2D eigenvalue weighted by Gasteiger charge is 1.99. The zero-order valence-corrected chi connectivity index (χ0v) is 7.46. The van der Waals surface area contributed by atoms with E-state index in [1.165, 1.54) is 6.33 Å². The topological polar surface area (TPSA) is 77.6 Å². The lowest BCUT2D eigenvalue weighted by atomic mass is 10.2. The SMILES string of the molecule is Nc1ncnc(Cc2ccncc2)n1. The fraction of sp³-hybridized carbons (Fsp3) is 0.111. The molecule has 5 heteroatoms. The Labute approximate surface area is 81.1 Å². The van der Waals surface area contributed by atoms with E-state index in [1.807, 2.05) is 12.1 Å². The van der Waals surface area contributed by atoms with E-state index in [4.69, 9.17) is 5.73 Å². The van der Waals surface area contributed by atoms with Crippen LogP contribution in [-0.4, -0.2) is 19.9 Å². The van der Waals surface area contributed by atoms with Gasteiger partial charge in [-0.1, -0.05) is 0 Å². The van der Waals surface area contributed by atoms with Crippen LogP contribution in [0.5, 0.6) is 0 Å². The summed E-state index contributed by atoms with van der Waals surface area (Å²) < 4.78 is 0. The standard InChI is InChI=1S/C9H9N5/c10-9-13-6-12-8(14-9)5-7-1-3-11-4-2-7/h1-4,6H,5H2,(H2,10,12,13,14). The minimum absolute atomic E-state index is 0.254. The summed E-state index contributed by atoms with van der Waals surface area (Å²) in [6, 6.07) is 3.83. The molecule has 70 valence electrons. The number of nitrogen functional groups attached to an aromatic ring is 1. The van der Waals surface area contributed by atoms with Crippen LogP contribution in [0.1, 0.15) is 11.4 Å². The van der Waals surface area contributed by atoms with E-state index in [9.17, 15) is 0 Å². The van der Waals surface area contributed by atoms with Gasteiger partial charge < -0.3 is 5.73 Å². The second-order valence-electron chi connectivity index (χ2n) is 2.79. The molecule has 0 aliphatic rings. The zero-order valence-electron chi connectivity index (χ0n) is 7.46. The summed E-state index contributed by atoms with van der Waals surface area (Å²) >= 11 is 0. The van der Waals surface area contributed by atoms with Gasteiger partial charge in [0.05, 0.1) is 0 Å². The molecule has 0 spiro atoms. The van der Waals surface area contributed by atoms with Gasteiger partial charge in [-0.2, -0.15) is 4.98 Å². The van der Waals surface area contributed by atoms with Crippen LogP contribution >= 0.6 is 0 Å². The van der Waals surface area contributed by atoms with Gasteiger partial charge in [0.25, 0.3) is 0 Å². The molecule has 0 aliphatic heterocycles. The Morgan fingerprint density at radius 3 is 2.64 bits per heavy atom. The zero-order chi connectivity index (χ0) is 9.80. The molecule has 0 saturated heterocycles. The van der Waals surface area contributed by atoms with E-state index in [2.05, 4.69) is 19.9 Å². The molecule has 2 heterocycles. The monoisotopic (exact) mass is 187 g/mol. The van der Waals surface area contributed by atoms with Gasteiger partial charge in [-0.3, -0.25) is 4.98 Å². The average molecular weight is 187 g/mol. The quantitative estimate of drug-likeness (QED) is 0.738. The molecule has 0 atom stereocenters. The molecule has 0 bridgehead atoms. The lowest BCUT2D eigenvalue weighted by Crippen LogP contribution is -2.02. The van der Waals surface area contributed by atoms with Crippen molar-refractivity contribution in [3.05, 3.63) is 42.2 Å². The Kier molecular flexibility index (Phi) is 2.31. The molecule has 5 nitrogen and oxygen atoms in total. The van der Waals surface area contributed by atoms with E-state index in [0.717, 1.165) is 5.56 Å². The van der Waals surface area contributed by atoms with E-state index < -0.39 is 0 Å². The predicted octanol–water partition coefficient (Wildman–Crippen LogP) is 0.440. The predicted molar refractivity (Wildman–Crippen MR) is 51.3 cm³/mol.